The van der Waals surface area contributed by atoms with Crippen molar-refractivity contribution >= 4 is 37.8 Å². The molecular weight excluding hydrogens is 312 g/mol. The number of alkyl halides is 1. The van der Waals surface area contributed by atoms with Crippen LogP contribution >= 0.6 is 31.9 Å². The first-order valence-corrected chi connectivity index (χ1v) is 5.85. The molecule has 1 aromatic carbocycles. The highest BCUT2D eigenvalue weighted by Crippen LogP contribution is 2.13. The van der Waals surface area contributed by atoms with Gasteiger partial charge in [0.15, 0.2) is 0 Å². The van der Waals surface area contributed by atoms with Crippen LogP contribution in [0.5, 0.6) is 0 Å². The van der Waals surface area contributed by atoms with Crippen molar-refractivity contribution in [2.75, 3.05) is 0 Å². The van der Waals surface area contributed by atoms with Gasteiger partial charge in [-0.25, -0.2) is 0 Å². The van der Waals surface area contributed by atoms with Crippen LogP contribution < -0.4 is 0 Å². The molecule has 0 amide bonds. The summed E-state index contributed by atoms with van der Waals surface area (Å²) in [7, 11) is 0. The van der Waals surface area contributed by atoms with Gasteiger partial charge in [-0.1, -0.05) is 44.0 Å². The SMILES string of the molecule is CC(Br)C(=O)OCc1cccc(Br)c1. The Balaban J connectivity index is 2.50. The van der Waals surface area contributed by atoms with Gasteiger partial charge in [-0.15, -0.1) is 0 Å². The molecule has 2 nitrogen and oxygen atoms in total. The number of rotatable bonds is 3. The van der Waals surface area contributed by atoms with Crippen molar-refractivity contribution in [2.45, 2.75) is 18.4 Å². The van der Waals surface area contributed by atoms with Crippen molar-refractivity contribution in [2.24, 2.45) is 0 Å². The van der Waals surface area contributed by atoms with Gasteiger partial charge in [0, 0.05) is 4.47 Å². The molecule has 0 heterocycles. The zero-order valence-electron chi connectivity index (χ0n) is 7.67. The largest absolute Gasteiger partial charge is 0.460 e. The molecule has 0 spiro atoms. The molecule has 4 heteroatoms. The molecule has 1 aromatic rings. The molecule has 1 unspecified atom stereocenters. The standard InChI is InChI=1S/C10H10Br2O2/c1-7(11)10(13)14-6-8-3-2-4-9(12)5-8/h2-5,7H,6H2,1H3. The molecule has 0 bridgehead atoms. The van der Waals surface area contributed by atoms with E-state index >= 15 is 0 Å². The fourth-order valence-corrected chi connectivity index (χ4v) is 1.47. The monoisotopic (exact) mass is 320 g/mol. The van der Waals surface area contributed by atoms with Crippen molar-refractivity contribution in [3.05, 3.63) is 34.3 Å². The van der Waals surface area contributed by atoms with E-state index in [2.05, 4.69) is 31.9 Å². The zero-order valence-corrected chi connectivity index (χ0v) is 10.8. The maximum absolute atomic E-state index is 11.1. The zero-order chi connectivity index (χ0) is 10.6. The number of hydrogen-bond acceptors (Lipinski definition) is 2. The third-order valence-corrected chi connectivity index (χ3v) is 2.46. The first-order valence-electron chi connectivity index (χ1n) is 4.15. The fraction of sp³-hybridized carbons (Fsp3) is 0.300. The minimum Gasteiger partial charge on any atom is -0.460 e. The lowest BCUT2D eigenvalue weighted by Crippen LogP contribution is -2.13. The lowest BCUT2D eigenvalue weighted by molar-refractivity contribution is -0.143. The maximum Gasteiger partial charge on any atom is 0.319 e. The van der Waals surface area contributed by atoms with E-state index in [1.807, 2.05) is 24.3 Å². The predicted molar refractivity (Wildman–Crippen MR) is 62.3 cm³/mol. The van der Waals surface area contributed by atoms with Gasteiger partial charge in [0.25, 0.3) is 0 Å². The van der Waals surface area contributed by atoms with E-state index in [-0.39, 0.29) is 10.8 Å². The summed E-state index contributed by atoms with van der Waals surface area (Å²) in [6, 6.07) is 7.67. The number of hydrogen-bond donors (Lipinski definition) is 0. The summed E-state index contributed by atoms with van der Waals surface area (Å²) in [6.07, 6.45) is 0. The second-order valence-electron chi connectivity index (χ2n) is 2.85. The quantitative estimate of drug-likeness (QED) is 0.631. The van der Waals surface area contributed by atoms with E-state index in [9.17, 15) is 4.79 Å². The Labute approximate surface area is 99.9 Å². The van der Waals surface area contributed by atoms with Crippen LogP contribution in [0.1, 0.15) is 12.5 Å². The molecule has 1 rings (SSSR count). The third kappa shape index (κ3) is 3.80. The molecule has 0 saturated heterocycles. The van der Waals surface area contributed by atoms with Gasteiger partial charge in [0.05, 0.1) is 0 Å². The highest BCUT2D eigenvalue weighted by Gasteiger charge is 2.09. The van der Waals surface area contributed by atoms with Crippen LogP contribution in [0.25, 0.3) is 0 Å². The molecule has 1 atom stereocenters. The molecule has 0 aliphatic carbocycles. The molecule has 14 heavy (non-hydrogen) atoms. The van der Waals surface area contributed by atoms with Crippen LogP contribution in [0, 0.1) is 0 Å². The predicted octanol–water partition coefficient (Wildman–Crippen LogP) is 3.28. The van der Waals surface area contributed by atoms with Gasteiger partial charge >= 0.3 is 5.97 Å². The summed E-state index contributed by atoms with van der Waals surface area (Å²) in [4.78, 5) is 10.9. The lowest BCUT2D eigenvalue weighted by Gasteiger charge is -2.06. The Bertz CT molecular complexity index is 324. The number of benzene rings is 1. The molecular formula is C10H10Br2O2. The van der Waals surface area contributed by atoms with E-state index in [0.717, 1.165) is 10.0 Å². The van der Waals surface area contributed by atoms with Crippen molar-refractivity contribution in [3.63, 3.8) is 0 Å². The third-order valence-electron chi connectivity index (χ3n) is 1.59. The maximum atomic E-state index is 11.1. The number of esters is 1. The molecule has 0 aliphatic rings. The average molecular weight is 322 g/mol. The molecule has 0 aromatic heterocycles. The molecule has 0 aliphatic heterocycles. The summed E-state index contributed by atoms with van der Waals surface area (Å²) in [5, 5.41) is 0. The van der Waals surface area contributed by atoms with E-state index in [1.54, 1.807) is 6.92 Å². The number of halogens is 2. The molecule has 76 valence electrons. The minimum atomic E-state index is -0.255. The first kappa shape index (κ1) is 11.7. The molecule has 0 radical (unpaired) electrons. The Morgan fingerprint density at radius 3 is 2.86 bits per heavy atom. The van der Waals surface area contributed by atoms with Gasteiger partial charge in [0.1, 0.15) is 11.4 Å². The first-order chi connectivity index (χ1) is 6.59. The van der Waals surface area contributed by atoms with Gasteiger partial charge in [0.2, 0.25) is 0 Å². The normalized spacial score (nSPS) is 12.2. The highest BCUT2D eigenvalue weighted by atomic mass is 79.9. The van der Waals surface area contributed by atoms with Gasteiger partial charge in [-0.05, 0) is 24.6 Å². The molecule has 0 saturated carbocycles. The van der Waals surface area contributed by atoms with Crippen molar-refractivity contribution < 1.29 is 9.53 Å². The summed E-state index contributed by atoms with van der Waals surface area (Å²) in [6.45, 7) is 2.05. The Morgan fingerprint density at radius 1 is 1.57 bits per heavy atom. The second-order valence-corrected chi connectivity index (χ2v) is 5.14. The van der Waals surface area contributed by atoms with Gasteiger partial charge in [-0.2, -0.15) is 0 Å². The fourth-order valence-electron chi connectivity index (χ4n) is 0.896. The second kappa shape index (κ2) is 5.51. The summed E-state index contributed by atoms with van der Waals surface area (Å²) in [5.41, 5.74) is 0.973. The van der Waals surface area contributed by atoms with E-state index in [1.165, 1.54) is 0 Å². The van der Waals surface area contributed by atoms with Crippen LogP contribution in [-0.4, -0.2) is 10.8 Å². The number of carbonyl (C=O) groups is 1. The van der Waals surface area contributed by atoms with Crippen molar-refractivity contribution in [1.82, 2.24) is 0 Å². The topological polar surface area (TPSA) is 26.3 Å². The van der Waals surface area contributed by atoms with Gasteiger partial charge < -0.3 is 4.74 Å². The molecule has 0 N–H and O–H groups in total. The Kier molecular flexibility index (Phi) is 4.62. The van der Waals surface area contributed by atoms with Crippen LogP contribution in [0.2, 0.25) is 0 Å². The minimum absolute atomic E-state index is 0.245. The summed E-state index contributed by atoms with van der Waals surface area (Å²) in [5.74, 6) is -0.245. The lowest BCUT2D eigenvalue weighted by atomic mass is 10.2. The van der Waals surface area contributed by atoms with Crippen LogP contribution in [0.4, 0.5) is 0 Å². The number of ether oxygens (including phenoxy) is 1. The highest BCUT2D eigenvalue weighted by molar-refractivity contribution is 9.10. The van der Waals surface area contributed by atoms with E-state index < -0.39 is 0 Å². The number of carbonyl (C=O) groups excluding carboxylic acids is 1. The smallest absolute Gasteiger partial charge is 0.319 e. The van der Waals surface area contributed by atoms with Crippen LogP contribution in [-0.2, 0) is 16.1 Å². The van der Waals surface area contributed by atoms with Crippen LogP contribution in [0.3, 0.4) is 0 Å². The Hall–Kier alpha value is -0.350. The summed E-state index contributed by atoms with van der Waals surface area (Å²) < 4.78 is 6.02. The average Bonchev–Trinajstić information content (AvgIpc) is 2.14. The van der Waals surface area contributed by atoms with Crippen molar-refractivity contribution in [1.29, 1.82) is 0 Å². The Morgan fingerprint density at radius 2 is 2.29 bits per heavy atom. The summed E-state index contributed by atoms with van der Waals surface area (Å²) >= 11 is 6.49. The van der Waals surface area contributed by atoms with Crippen molar-refractivity contribution in [3.8, 4) is 0 Å². The van der Waals surface area contributed by atoms with Gasteiger partial charge in [-0.3, -0.25) is 4.79 Å². The van der Waals surface area contributed by atoms with Crippen LogP contribution in [0.15, 0.2) is 28.7 Å². The molecule has 0 fully saturated rings. The van der Waals surface area contributed by atoms with E-state index in [0.29, 0.717) is 6.61 Å². The van der Waals surface area contributed by atoms with E-state index in [4.69, 9.17) is 4.74 Å².